The molecule has 1 amide bonds. The molecule has 0 bridgehead atoms. The number of anilines is 4. The Labute approximate surface area is 193 Å². The summed E-state index contributed by atoms with van der Waals surface area (Å²) in [5.41, 5.74) is 4.98. The molecule has 0 aliphatic rings. The van der Waals surface area contributed by atoms with Gasteiger partial charge in [-0.25, -0.2) is 4.98 Å². The third kappa shape index (κ3) is 5.30. The van der Waals surface area contributed by atoms with E-state index < -0.39 is 0 Å². The molecule has 4 aromatic rings. The molecule has 0 radical (unpaired) electrons. The fourth-order valence-corrected chi connectivity index (χ4v) is 5.68. The van der Waals surface area contributed by atoms with Crippen molar-refractivity contribution in [1.82, 2.24) is 15.2 Å². The summed E-state index contributed by atoms with van der Waals surface area (Å²) in [7, 11) is 0. The van der Waals surface area contributed by atoms with Gasteiger partial charge in [-0.05, 0) is 37.6 Å². The molecule has 0 saturated carbocycles. The van der Waals surface area contributed by atoms with E-state index >= 15 is 0 Å². The van der Waals surface area contributed by atoms with Crippen LogP contribution in [-0.4, -0.2) is 21.1 Å². The molecular weight excluding hydrogens is 446 g/mol. The average molecular weight is 468 g/mol. The van der Waals surface area contributed by atoms with Crippen molar-refractivity contribution in [1.29, 1.82) is 0 Å². The van der Waals surface area contributed by atoms with Gasteiger partial charge in [0.2, 0.25) is 11.0 Å². The highest BCUT2D eigenvalue weighted by Gasteiger charge is 2.20. The number of aromatic nitrogens is 3. The normalized spacial score (nSPS) is 10.8. The van der Waals surface area contributed by atoms with Gasteiger partial charge in [-0.3, -0.25) is 9.69 Å². The number of benzene rings is 2. The van der Waals surface area contributed by atoms with Gasteiger partial charge in [-0.2, -0.15) is 0 Å². The van der Waals surface area contributed by atoms with E-state index in [2.05, 4.69) is 21.6 Å². The molecule has 2 aromatic carbocycles. The first-order valence-electron chi connectivity index (χ1n) is 9.60. The third-order valence-corrected chi connectivity index (χ3v) is 7.29. The van der Waals surface area contributed by atoms with Gasteiger partial charge in [0.15, 0.2) is 9.47 Å². The molecule has 0 spiro atoms. The van der Waals surface area contributed by atoms with Gasteiger partial charge in [0.25, 0.3) is 0 Å². The standard InChI is InChI=1S/C22H21N5OS3/c1-14-9-10-19(15(2)11-14)27(16(3)28)21-24-18(12-29-21)13-30-22-26-25-20(31-22)23-17-7-5-4-6-8-17/h4-12H,13H2,1-3H3,(H,23,25). The van der Waals surface area contributed by atoms with Crippen LogP contribution in [0.2, 0.25) is 0 Å². The highest BCUT2D eigenvalue weighted by atomic mass is 32.2. The molecule has 2 aromatic heterocycles. The number of thioether (sulfide) groups is 1. The minimum Gasteiger partial charge on any atom is -0.330 e. The SMILES string of the molecule is CC(=O)N(c1nc(CSc2nnc(Nc3ccccc3)s2)cs1)c1ccc(C)cc1C. The molecule has 0 aliphatic heterocycles. The zero-order valence-electron chi connectivity index (χ0n) is 17.3. The van der Waals surface area contributed by atoms with Crippen LogP contribution in [0.15, 0.2) is 58.3 Å². The Morgan fingerprint density at radius 1 is 1.13 bits per heavy atom. The topological polar surface area (TPSA) is 71.0 Å². The number of nitrogens with one attached hydrogen (secondary N) is 1. The lowest BCUT2D eigenvalue weighted by atomic mass is 10.1. The number of rotatable bonds is 7. The molecule has 158 valence electrons. The number of thiazole rings is 1. The molecule has 0 fully saturated rings. The number of aryl methyl sites for hydroxylation is 2. The number of amides is 1. The minimum atomic E-state index is -0.0544. The lowest BCUT2D eigenvalue weighted by Gasteiger charge is -2.20. The molecular formula is C22H21N5OS3. The Hall–Kier alpha value is -2.75. The Bertz CT molecular complexity index is 1190. The van der Waals surface area contributed by atoms with E-state index in [0.29, 0.717) is 10.9 Å². The maximum Gasteiger partial charge on any atom is 0.230 e. The summed E-state index contributed by atoms with van der Waals surface area (Å²) in [6.45, 7) is 5.62. The summed E-state index contributed by atoms with van der Waals surface area (Å²) in [5.74, 6) is 0.607. The Balaban J connectivity index is 1.43. The number of para-hydroxylation sites is 1. The van der Waals surface area contributed by atoms with Crippen molar-refractivity contribution >= 4 is 62.0 Å². The van der Waals surface area contributed by atoms with E-state index in [1.807, 2.05) is 61.7 Å². The van der Waals surface area contributed by atoms with E-state index in [4.69, 9.17) is 4.98 Å². The summed E-state index contributed by atoms with van der Waals surface area (Å²) in [4.78, 5) is 18.8. The Morgan fingerprint density at radius 2 is 1.94 bits per heavy atom. The monoisotopic (exact) mass is 467 g/mol. The summed E-state index contributed by atoms with van der Waals surface area (Å²) in [6.07, 6.45) is 0. The van der Waals surface area contributed by atoms with Gasteiger partial charge in [0.05, 0.1) is 11.4 Å². The first-order valence-corrected chi connectivity index (χ1v) is 12.3. The van der Waals surface area contributed by atoms with Gasteiger partial charge in [-0.1, -0.05) is 59.0 Å². The summed E-state index contributed by atoms with van der Waals surface area (Å²) in [5, 5.41) is 15.1. The zero-order valence-corrected chi connectivity index (χ0v) is 19.8. The maximum absolute atomic E-state index is 12.4. The molecule has 0 unspecified atom stereocenters. The van der Waals surface area contributed by atoms with Crippen molar-refractivity contribution in [2.24, 2.45) is 0 Å². The van der Waals surface area contributed by atoms with E-state index in [1.165, 1.54) is 28.2 Å². The van der Waals surface area contributed by atoms with Crippen LogP contribution in [0.4, 0.5) is 21.6 Å². The van der Waals surface area contributed by atoms with Crippen LogP contribution in [0.5, 0.6) is 0 Å². The first kappa shape index (κ1) is 21.5. The number of hydrogen-bond acceptors (Lipinski definition) is 8. The van der Waals surface area contributed by atoms with E-state index in [9.17, 15) is 4.79 Å². The lowest BCUT2D eigenvalue weighted by Crippen LogP contribution is -2.23. The van der Waals surface area contributed by atoms with Crippen LogP contribution in [0, 0.1) is 13.8 Å². The third-order valence-electron chi connectivity index (χ3n) is 4.41. The first-order chi connectivity index (χ1) is 15.0. The van der Waals surface area contributed by atoms with Crippen LogP contribution >= 0.6 is 34.4 Å². The van der Waals surface area contributed by atoms with Gasteiger partial charge in [-0.15, -0.1) is 21.5 Å². The Kier molecular flexibility index (Phi) is 6.64. The highest BCUT2D eigenvalue weighted by Crippen LogP contribution is 2.34. The van der Waals surface area contributed by atoms with Crippen molar-refractivity contribution in [2.45, 2.75) is 30.9 Å². The molecule has 6 nitrogen and oxygen atoms in total. The highest BCUT2D eigenvalue weighted by molar-refractivity contribution is 8.00. The van der Waals surface area contributed by atoms with Gasteiger partial charge in [0, 0.05) is 23.7 Å². The van der Waals surface area contributed by atoms with E-state index in [0.717, 1.165) is 32.1 Å². The van der Waals surface area contributed by atoms with Crippen LogP contribution in [0.3, 0.4) is 0 Å². The van der Waals surface area contributed by atoms with Crippen LogP contribution < -0.4 is 10.2 Å². The smallest absolute Gasteiger partial charge is 0.230 e. The Morgan fingerprint density at radius 3 is 2.68 bits per heavy atom. The molecule has 0 atom stereocenters. The average Bonchev–Trinajstić information content (AvgIpc) is 3.38. The number of carbonyl (C=O) groups excluding carboxylic acids is 1. The van der Waals surface area contributed by atoms with Crippen LogP contribution in [0.25, 0.3) is 0 Å². The molecule has 9 heteroatoms. The maximum atomic E-state index is 12.4. The van der Waals surface area contributed by atoms with Crippen molar-refractivity contribution in [2.75, 3.05) is 10.2 Å². The number of carbonyl (C=O) groups is 1. The fourth-order valence-electron chi connectivity index (χ4n) is 3.03. The second-order valence-electron chi connectivity index (χ2n) is 6.92. The molecule has 0 aliphatic carbocycles. The van der Waals surface area contributed by atoms with Crippen molar-refractivity contribution < 1.29 is 4.79 Å². The number of hydrogen-bond donors (Lipinski definition) is 1. The molecule has 2 heterocycles. The second kappa shape index (κ2) is 9.59. The lowest BCUT2D eigenvalue weighted by molar-refractivity contribution is -0.115. The van der Waals surface area contributed by atoms with Crippen LogP contribution in [0.1, 0.15) is 23.7 Å². The van der Waals surface area contributed by atoms with Crippen molar-refractivity contribution in [3.8, 4) is 0 Å². The van der Waals surface area contributed by atoms with Gasteiger partial charge >= 0.3 is 0 Å². The second-order valence-corrected chi connectivity index (χ2v) is 9.96. The molecule has 0 saturated heterocycles. The molecule has 1 N–H and O–H groups in total. The van der Waals surface area contributed by atoms with Crippen molar-refractivity contribution in [3.05, 3.63) is 70.7 Å². The minimum absolute atomic E-state index is 0.0544. The molecule has 31 heavy (non-hydrogen) atoms. The predicted octanol–water partition coefficient (Wildman–Crippen LogP) is 6.33. The number of nitrogens with zero attached hydrogens (tertiary/aromatic N) is 4. The predicted molar refractivity (Wildman–Crippen MR) is 130 cm³/mol. The van der Waals surface area contributed by atoms with Gasteiger partial charge < -0.3 is 5.32 Å². The van der Waals surface area contributed by atoms with E-state index in [-0.39, 0.29) is 5.91 Å². The fraction of sp³-hybridized carbons (Fsp3) is 0.182. The summed E-state index contributed by atoms with van der Waals surface area (Å²) in [6, 6.07) is 16.0. The van der Waals surface area contributed by atoms with E-state index in [1.54, 1.807) is 23.6 Å². The van der Waals surface area contributed by atoms with Crippen LogP contribution in [-0.2, 0) is 10.5 Å². The zero-order chi connectivity index (χ0) is 21.8. The van der Waals surface area contributed by atoms with Crippen molar-refractivity contribution in [3.63, 3.8) is 0 Å². The quantitative estimate of drug-likeness (QED) is 0.320. The summed E-state index contributed by atoms with van der Waals surface area (Å²) >= 11 is 4.56. The molecule has 4 rings (SSSR count). The summed E-state index contributed by atoms with van der Waals surface area (Å²) < 4.78 is 0.866. The van der Waals surface area contributed by atoms with Gasteiger partial charge in [0.1, 0.15) is 0 Å². The largest absolute Gasteiger partial charge is 0.330 e.